The van der Waals surface area contributed by atoms with Gasteiger partial charge in [-0.05, 0) is 43.4 Å². The van der Waals surface area contributed by atoms with Gasteiger partial charge in [0.05, 0.1) is 23.2 Å². The van der Waals surface area contributed by atoms with Crippen molar-refractivity contribution in [1.82, 2.24) is 4.98 Å². The highest BCUT2D eigenvalue weighted by atomic mass is 16.3. The minimum Gasteiger partial charge on any atom is -0.472 e. The van der Waals surface area contributed by atoms with E-state index in [1.807, 2.05) is 6.92 Å². The topological polar surface area (TPSA) is 81.1 Å². The van der Waals surface area contributed by atoms with Gasteiger partial charge in [-0.3, -0.25) is 9.78 Å². The van der Waals surface area contributed by atoms with Gasteiger partial charge in [-0.1, -0.05) is 43.7 Å². The monoisotopic (exact) mass is 377 g/mol. The maximum atomic E-state index is 12.7. The van der Waals surface area contributed by atoms with E-state index in [1.165, 1.54) is 18.1 Å². The predicted octanol–water partition coefficient (Wildman–Crippen LogP) is 4.87. The van der Waals surface area contributed by atoms with E-state index in [4.69, 9.17) is 15.1 Å². The lowest BCUT2D eigenvalue weighted by Gasteiger charge is -2.21. The molecule has 0 bridgehead atoms. The molecule has 1 aromatic carbocycles. The minimum atomic E-state index is -0.230. The van der Waals surface area contributed by atoms with Gasteiger partial charge in [0.25, 0.3) is 5.91 Å². The summed E-state index contributed by atoms with van der Waals surface area (Å²) in [5, 5.41) is 3.03. The van der Waals surface area contributed by atoms with Crippen LogP contribution >= 0.6 is 0 Å². The molecule has 2 aromatic heterocycles. The molecular formula is C23H27N3O2. The molecule has 146 valence electrons. The van der Waals surface area contributed by atoms with Gasteiger partial charge < -0.3 is 15.5 Å². The molecule has 3 rings (SSSR count). The van der Waals surface area contributed by atoms with Crippen molar-refractivity contribution in [2.75, 3.05) is 5.32 Å². The first-order chi connectivity index (χ1) is 13.4. The van der Waals surface area contributed by atoms with Crippen LogP contribution in [-0.4, -0.2) is 10.9 Å². The van der Waals surface area contributed by atoms with Gasteiger partial charge in [0.1, 0.15) is 6.26 Å². The smallest absolute Gasteiger partial charge is 0.258 e. The molecule has 0 aliphatic heterocycles. The normalized spacial score (nSPS) is 11.1. The summed E-state index contributed by atoms with van der Waals surface area (Å²) < 4.78 is 5.04. The molecule has 3 N–H and O–H groups in total. The molecule has 3 aromatic rings. The Balaban J connectivity index is 2.19. The van der Waals surface area contributed by atoms with Crippen LogP contribution in [0, 0.1) is 19.8 Å². The van der Waals surface area contributed by atoms with Crippen LogP contribution in [0.3, 0.4) is 0 Å². The van der Waals surface area contributed by atoms with E-state index in [9.17, 15) is 4.79 Å². The highest BCUT2D eigenvalue weighted by Crippen LogP contribution is 2.36. The standard InChI is InChI=1S/C23H27N3O2/c1-14(2)11-20-19(12-24)21(17-7-5-15(3)6-8-17)22(16(4)25-20)26-23(27)18-9-10-28-13-18/h5-10,13-14H,11-12,24H2,1-4H3,(H,26,27). The lowest BCUT2D eigenvalue weighted by Crippen LogP contribution is -2.17. The molecule has 28 heavy (non-hydrogen) atoms. The molecule has 5 nitrogen and oxygen atoms in total. The first kappa shape index (κ1) is 19.8. The van der Waals surface area contributed by atoms with Gasteiger partial charge >= 0.3 is 0 Å². The van der Waals surface area contributed by atoms with Crippen LogP contribution in [0.2, 0.25) is 0 Å². The van der Waals surface area contributed by atoms with Crippen LogP contribution in [0.5, 0.6) is 0 Å². The van der Waals surface area contributed by atoms with Crippen molar-refractivity contribution in [2.45, 2.75) is 40.7 Å². The number of hydrogen-bond acceptors (Lipinski definition) is 4. The fourth-order valence-electron chi connectivity index (χ4n) is 3.35. The van der Waals surface area contributed by atoms with Crippen molar-refractivity contribution in [2.24, 2.45) is 11.7 Å². The van der Waals surface area contributed by atoms with E-state index in [0.29, 0.717) is 23.7 Å². The molecule has 1 amide bonds. The maximum absolute atomic E-state index is 12.7. The number of amides is 1. The van der Waals surface area contributed by atoms with Gasteiger partial charge in [0.2, 0.25) is 0 Å². The number of aromatic nitrogens is 1. The summed E-state index contributed by atoms with van der Waals surface area (Å²) in [6.07, 6.45) is 3.75. The van der Waals surface area contributed by atoms with E-state index in [-0.39, 0.29) is 5.91 Å². The minimum absolute atomic E-state index is 0.230. The van der Waals surface area contributed by atoms with Crippen LogP contribution < -0.4 is 11.1 Å². The number of hydrogen-bond donors (Lipinski definition) is 2. The third-order valence-electron chi connectivity index (χ3n) is 4.73. The highest BCUT2D eigenvalue weighted by Gasteiger charge is 2.21. The quantitative estimate of drug-likeness (QED) is 0.642. The van der Waals surface area contributed by atoms with Crippen LogP contribution in [0.25, 0.3) is 11.1 Å². The number of nitrogens with two attached hydrogens (primary N) is 1. The molecule has 0 fully saturated rings. The van der Waals surface area contributed by atoms with Gasteiger partial charge in [0, 0.05) is 17.8 Å². The average Bonchev–Trinajstić information content (AvgIpc) is 3.18. The number of rotatable bonds is 6. The van der Waals surface area contributed by atoms with Gasteiger partial charge in [0.15, 0.2) is 0 Å². The zero-order valence-corrected chi connectivity index (χ0v) is 16.9. The lowest BCUT2D eigenvalue weighted by molar-refractivity contribution is 0.102. The van der Waals surface area contributed by atoms with E-state index >= 15 is 0 Å². The van der Waals surface area contributed by atoms with Crippen LogP contribution in [-0.2, 0) is 13.0 Å². The predicted molar refractivity (Wildman–Crippen MR) is 112 cm³/mol. The molecule has 0 atom stereocenters. The number of furan rings is 1. The summed E-state index contributed by atoms with van der Waals surface area (Å²) in [7, 11) is 0. The third kappa shape index (κ3) is 4.15. The summed E-state index contributed by atoms with van der Waals surface area (Å²) in [6.45, 7) is 8.66. The Morgan fingerprint density at radius 3 is 2.46 bits per heavy atom. The Labute approximate surface area is 166 Å². The van der Waals surface area contributed by atoms with Gasteiger partial charge in [-0.2, -0.15) is 0 Å². The number of nitrogens with zero attached hydrogens (tertiary/aromatic N) is 1. The zero-order valence-electron chi connectivity index (χ0n) is 16.9. The largest absolute Gasteiger partial charge is 0.472 e. The number of carbonyl (C=O) groups is 1. The Hall–Kier alpha value is -2.92. The molecule has 5 heteroatoms. The fourth-order valence-corrected chi connectivity index (χ4v) is 3.35. The molecule has 0 spiro atoms. The lowest BCUT2D eigenvalue weighted by atomic mass is 9.92. The SMILES string of the molecule is Cc1ccc(-c2c(CN)c(CC(C)C)nc(C)c2NC(=O)c2ccoc2)cc1. The molecule has 0 saturated carbocycles. The van der Waals surface area contributed by atoms with Crippen LogP contribution in [0.4, 0.5) is 5.69 Å². The summed E-state index contributed by atoms with van der Waals surface area (Å²) in [4.78, 5) is 17.5. The highest BCUT2D eigenvalue weighted by molar-refractivity contribution is 6.06. The number of pyridine rings is 1. The van der Waals surface area contributed by atoms with E-state index in [2.05, 4.69) is 50.4 Å². The molecule has 0 aliphatic rings. The molecule has 0 aliphatic carbocycles. The van der Waals surface area contributed by atoms with Crippen molar-refractivity contribution in [3.8, 4) is 11.1 Å². The van der Waals surface area contributed by atoms with Gasteiger partial charge in [-0.15, -0.1) is 0 Å². The number of aryl methyl sites for hydroxylation is 2. The van der Waals surface area contributed by atoms with E-state index in [0.717, 1.165) is 34.5 Å². The van der Waals surface area contributed by atoms with E-state index in [1.54, 1.807) is 6.07 Å². The average molecular weight is 377 g/mol. The van der Waals surface area contributed by atoms with Crippen molar-refractivity contribution >= 4 is 11.6 Å². The number of carbonyl (C=O) groups excluding carboxylic acids is 1. The Morgan fingerprint density at radius 1 is 1.18 bits per heavy atom. The molecule has 0 unspecified atom stereocenters. The Bertz CT molecular complexity index is 959. The number of anilines is 1. The van der Waals surface area contributed by atoms with E-state index < -0.39 is 0 Å². The summed E-state index contributed by atoms with van der Waals surface area (Å²) in [5.41, 5.74) is 13.2. The fraction of sp³-hybridized carbons (Fsp3) is 0.304. The Morgan fingerprint density at radius 2 is 1.89 bits per heavy atom. The molecular weight excluding hydrogens is 350 g/mol. The molecule has 2 heterocycles. The van der Waals surface area contributed by atoms with Crippen molar-refractivity contribution in [3.63, 3.8) is 0 Å². The van der Waals surface area contributed by atoms with Crippen molar-refractivity contribution in [3.05, 3.63) is 70.9 Å². The summed E-state index contributed by atoms with van der Waals surface area (Å²) in [5.74, 6) is 0.223. The summed E-state index contributed by atoms with van der Waals surface area (Å²) in [6, 6.07) is 9.90. The molecule has 0 radical (unpaired) electrons. The maximum Gasteiger partial charge on any atom is 0.258 e. The Kier molecular flexibility index (Phi) is 5.95. The first-order valence-corrected chi connectivity index (χ1v) is 9.53. The van der Waals surface area contributed by atoms with Crippen LogP contribution in [0.1, 0.15) is 46.7 Å². The molecule has 0 saturated heterocycles. The second kappa shape index (κ2) is 8.40. The van der Waals surface area contributed by atoms with Gasteiger partial charge in [-0.25, -0.2) is 0 Å². The van der Waals surface area contributed by atoms with Crippen molar-refractivity contribution in [1.29, 1.82) is 0 Å². The van der Waals surface area contributed by atoms with Crippen LogP contribution in [0.15, 0.2) is 47.3 Å². The third-order valence-corrected chi connectivity index (χ3v) is 4.73. The van der Waals surface area contributed by atoms with Crippen molar-refractivity contribution < 1.29 is 9.21 Å². The number of benzene rings is 1. The first-order valence-electron chi connectivity index (χ1n) is 9.53. The summed E-state index contributed by atoms with van der Waals surface area (Å²) >= 11 is 0. The second-order valence-electron chi connectivity index (χ2n) is 7.51. The number of nitrogens with one attached hydrogen (secondary N) is 1. The second-order valence-corrected chi connectivity index (χ2v) is 7.51. The zero-order chi connectivity index (χ0) is 20.3.